The summed E-state index contributed by atoms with van der Waals surface area (Å²) in [6.45, 7) is 2.12. The number of benzene rings is 2. The molecule has 0 bridgehead atoms. The Hall–Kier alpha value is -3.00. The van der Waals surface area contributed by atoms with Crippen LogP contribution in [0.25, 0.3) is 0 Å². The van der Waals surface area contributed by atoms with Gasteiger partial charge in [-0.25, -0.2) is 4.83 Å². The largest absolute Gasteiger partial charge is 0.378 e. The highest BCUT2D eigenvalue weighted by Crippen LogP contribution is 2.22. The van der Waals surface area contributed by atoms with Crippen molar-refractivity contribution in [2.75, 3.05) is 19.0 Å². The van der Waals surface area contributed by atoms with Crippen molar-refractivity contribution in [3.8, 4) is 0 Å². The number of allylic oxidation sites excluding steroid dienone is 2. The second-order valence-corrected chi connectivity index (χ2v) is 8.21. The minimum Gasteiger partial charge on any atom is -0.378 e. The third kappa shape index (κ3) is 7.50. The zero-order valence-electron chi connectivity index (χ0n) is 17.0. The van der Waals surface area contributed by atoms with Crippen LogP contribution < -0.4 is 9.73 Å². The summed E-state index contributed by atoms with van der Waals surface area (Å²) in [6.07, 6.45) is 8.28. The SMILES string of the molecule is CCCC/C=C/C=N/NS(=O)(=O)c1ccc(N=Nc2ccc(N(C)C)cc2)cc1. The lowest BCUT2D eigenvalue weighted by atomic mass is 10.2. The van der Waals surface area contributed by atoms with Gasteiger partial charge >= 0.3 is 0 Å². The normalized spacial score (nSPS) is 12.2. The molecule has 0 saturated heterocycles. The number of unbranched alkanes of at least 4 members (excludes halogenated alkanes) is 2. The first-order chi connectivity index (χ1) is 13.9. The first kappa shape index (κ1) is 22.3. The van der Waals surface area contributed by atoms with Crippen LogP contribution in [0.2, 0.25) is 0 Å². The second-order valence-electron chi connectivity index (χ2n) is 6.55. The van der Waals surface area contributed by atoms with Crippen molar-refractivity contribution in [2.24, 2.45) is 15.3 Å². The number of nitrogens with one attached hydrogen (secondary N) is 1. The Labute approximate surface area is 172 Å². The van der Waals surface area contributed by atoms with Crippen molar-refractivity contribution in [1.29, 1.82) is 0 Å². The van der Waals surface area contributed by atoms with Crippen LogP contribution in [0.4, 0.5) is 17.1 Å². The highest BCUT2D eigenvalue weighted by Gasteiger charge is 2.12. The minimum atomic E-state index is -3.71. The van der Waals surface area contributed by atoms with E-state index in [9.17, 15) is 8.42 Å². The molecule has 0 heterocycles. The lowest BCUT2D eigenvalue weighted by Gasteiger charge is -2.11. The smallest absolute Gasteiger partial charge is 0.276 e. The topological polar surface area (TPSA) is 86.5 Å². The molecule has 0 aromatic heterocycles. The highest BCUT2D eigenvalue weighted by molar-refractivity contribution is 7.89. The van der Waals surface area contributed by atoms with Crippen LogP contribution in [0, 0.1) is 0 Å². The number of sulfonamides is 1. The summed E-state index contributed by atoms with van der Waals surface area (Å²) in [5.74, 6) is 0. The molecule has 0 fully saturated rings. The summed E-state index contributed by atoms with van der Waals surface area (Å²) in [5.41, 5.74) is 2.35. The first-order valence-corrected chi connectivity index (χ1v) is 10.9. The van der Waals surface area contributed by atoms with Crippen molar-refractivity contribution in [2.45, 2.75) is 31.1 Å². The van der Waals surface area contributed by atoms with Gasteiger partial charge in [0.1, 0.15) is 0 Å². The molecule has 0 amide bonds. The van der Waals surface area contributed by atoms with Crippen LogP contribution in [0.1, 0.15) is 26.2 Å². The number of nitrogens with zero attached hydrogens (tertiary/aromatic N) is 4. The summed E-state index contributed by atoms with van der Waals surface area (Å²) < 4.78 is 24.5. The van der Waals surface area contributed by atoms with E-state index in [1.54, 1.807) is 18.2 Å². The van der Waals surface area contributed by atoms with Crippen molar-refractivity contribution in [3.63, 3.8) is 0 Å². The predicted molar refractivity (Wildman–Crippen MR) is 119 cm³/mol. The maximum Gasteiger partial charge on any atom is 0.276 e. The van der Waals surface area contributed by atoms with Gasteiger partial charge in [-0.3, -0.25) is 0 Å². The van der Waals surface area contributed by atoms with Gasteiger partial charge in [-0.15, -0.1) is 0 Å². The van der Waals surface area contributed by atoms with Gasteiger partial charge in [0.15, 0.2) is 0 Å². The molecule has 2 rings (SSSR count). The average Bonchev–Trinajstić information content (AvgIpc) is 2.72. The van der Waals surface area contributed by atoms with Gasteiger partial charge in [0.2, 0.25) is 0 Å². The minimum absolute atomic E-state index is 0.110. The Kier molecular flexibility index (Phi) is 8.54. The molecule has 2 aromatic carbocycles. The van der Waals surface area contributed by atoms with E-state index in [0.717, 1.165) is 30.6 Å². The van der Waals surface area contributed by atoms with Crippen molar-refractivity contribution < 1.29 is 8.42 Å². The zero-order valence-corrected chi connectivity index (χ0v) is 17.8. The Morgan fingerprint density at radius 3 is 2.10 bits per heavy atom. The number of hydrogen-bond donors (Lipinski definition) is 1. The molecule has 0 unspecified atom stereocenters. The van der Waals surface area contributed by atoms with E-state index < -0.39 is 10.0 Å². The van der Waals surface area contributed by atoms with E-state index in [1.807, 2.05) is 49.3 Å². The Bertz CT molecular complexity index is 948. The summed E-state index contributed by atoms with van der Waals surface area (Å²) in [7, 11) is 0.224. The first-order valence-electron chi connectivity index (χ1n) is 9.41. The zero-order chi connectivity index (χ0) is 21.1. The molecule has 7 nitrogen and oxygen atoms in total. The summed E-state index contributed by atoms with van der Waals surface area (Å²) >= 11 is 0. The van der Waals surface area contributed by atoms with Gasteiger partial charge in [0.05, 0.1) is 16.3 Å². The molecule has 154 valence electrons. The highest BCUT2D eigenvalue weighted by atomic mass is 32.2. The van der Waals surface area contributed by atoms with Gasteiger partial charge in [-0.1, -0.05) is 25.8 Å². The summed E-state index contributed by atoms with van der Waals surface area (Å²) in [5, 5.41) is 12.1. The number of hydrazone groups is 1. The number of rotatable bonds is 10. The van der Waals surface area contributed by atoms with Crippen LogP contribution in [-0.2, 0) is 10.0 Å². The van der Waals surface area contributed by atoms with E-state index >= 15 is 0 Å². The predicted octanol–water partition coefficient (Wildman–Crippen LogP) is 5.18. The van der Waals surface area contributed by atoms with Crippen LogP contribution >= 0.6 is 0 Å². The van der Waals surface area contributed by atoms with E-state index in [0.29, 0.717) is 5.69 Å². The number of hydrogen-bond acceptors (Lipinski definition) is 6. The Morgan fingerprint density at radius 2 is 1.55 bits per heavy atom. The number of azo groups is 1. The van der Waals surface area contributed by atoms with Crippen LogP contribution in [-0.4, -0.2) is 28.7 Å². The van der Waals surface area contributed by atoms with E-state index in [2.05, 4.69) is 27.1 Å². The third-order valence-electron chi connectivity index (χ3n) is 3.99. The van der Waals surface area contributed by atoms with E-state index in [4.69, 9.17) is 0 Å². The molecular weight excluding hydrogens is 386 g/mol. The quantitative estimate of drug-likeness (QED) is 0.252. The van der Waals surface area contributed by atoms with Gasteiger partial charge < -0.3 is 4.90 Å². The van der Waals surface area contributed by atoms with Crippen molar-refractivity contribution in [3.05, 3.63) is 60.7 Å². The fraction of sp³-hybridized carbons (Fsp3) is 0.286. The molecule has 1 N–H and O–H groups in total. The molecule has 0 aliphatic heterocycles. The molecule has 0 atom stereocenters. The molecule has 0 radical (unpaired) electrons. The second kappa shape index (κ2) is 11.1. The van der Waals surface area contributed by atoms with Crippen molar-refractivity contribution in [1.82, 2.24) is 4.83 Å². The van der Waals surface area contributed by atoms with Gasteiger partial charge in [-0.05, 0) is 61.0 Å². The van der Waals surface area contributed by atoms with Crippen molar-refractivity contribution >= 4 is 33.3 Å². The van der Waals surface area contributed by atoms with E-state index in [1.165, 1.54) is 18.3 Å². The summed E-state index contributed by atoms with van der Waals surface area (Å²) in [4.78, 5) is 4.30. The molecule has 0 saturated carbocycles. The Morgan fingerprint density at radius 1 is 0.966 bits per heavy atom. The van der Waals surface area contributed by atoms with Crippen LogP contribution in [0.15, 0.2) is 80.9 Å². The average molecular weight is 414 g/mol. The van der Waals surface area contributed by atoms with Crippen LogP contribution in [0.3, 0.4) is 0 Å². The maximum absolute atomic E-state index is 12.2. The molecule has 0 aliphatic carbocycles. The molecule has 8 heteroatoms. The lowest BCUT2D eigenvalue weighted by Crippen LogP contribution is -2.17. The van der Waals surface area contributed by atoms with Gasteiger partial charge in [0, 0.05) is 26.0 Å². The van der Waals surface area contributed by atoms with Crippen LogP contribution in [0.5, 0.6) is 0 Å². The Balaban J connectivity index is 1.96. The summed E-state index contributed by atoms with van der Waals surface area (Å²) in [6, 6.07) is 13.8. The standard InChI is InChI=1S/C21H27N5O2S/c1-4-5-6-7-8-17-22-25-29(27,28)21-15-11-19(12-16-21)24-23-18-9-13-20(14-10-18)26(2)3/h7-17,25H,4-6H2,1-3H3/b8-7+,22-17+,24-23?. The lowest BCUT2D eigenvalue weighted by molar-refractivity contribution is 0.584. The molecule has 2 aromatic rings. The maximum atomic E-state index is 12.2. The fourth-order valence-electron chi connectivity index (χ4n) is 2.30. The monoisotopic (exact) mass is 413 g/mol. The molecule has 0 aliphatic rings. The van der Waals surface area contributed by atoms with Gasteiger partial charge in [-0.2, -0.15) is 23.7 Å². The molecular formula is C21H27N5O2S. The van der Waals surface area contributed by atoms with Gasteiger partial charge in [0.25, 0.3) is 10.0 Å². The molecule has 0 spiro atoms. The fourth-order valence-corrected chi connectivity index (χ4v) is 3.10. The molecule has 29 heavy (non-hydrogen) atoms. The number of anilines is 1. The van der Waals surface area contributed by atoms with E-state index in [-0.39, 0.29) is 4.90 Å². The third-order valence-corrected chi connectivity index (χ3v) is 5.23.